The van der Waals surface area contributed by atoms with Gasteiger partial charge in [0.15, 0.2) is 5.82 Å². The highest BCUT2D eigenvalue weighted by atomic mass is 15.2. The second kappa shape index (κ2) is 30.6. The predicted molar refractivity (Wildman–Crippen MR) is 611 cm³/mol. The zero-order chi connectivity index (χ0) is 94.5. The van der Waals surface area contributed by atoms with Crippen molar-refractivity contribution in [3.63, 3.8) is 0 Å². The summed E-state index contributed by atoms with van der Waals surface area (Å²) in [4.78, 5) is 21.0. The number of hydrogen-bond acceptors (Lipinski definition) is 4. The highest BCUT2D eigenvalue weighted by molar-refractivity contribution is 6.40. The van der Waals surface area contributed by atoms with Crippen molar-refractivity contribution in [1.29, 1.82) is 0 Å². The molecule has 31 aromatic rings. The fourth-order valence-corrected chi connectivity index (χ4v) is 25.7. The SMILES string of the molecule is c1ccc(-c2nc(-c3ccc(-n4c5ccc6ccccc6c5c5cc6c7c(cccc7c54)-c4ccccc4-6)cc3)nc3ccccc23)cc1.c1ccc(-c2nc(-n3c4c5cccc6c5c(cc4c4c5ccccc5c5ccccc5c43)-c3ccccc3-6)nc3ccccc23)cc1.c1ccc2c(c1)-c1cccc3c1c-2cc1c2c4ccccc4c4ccccc4c2n(-c2ccc4c5ccccc5c5ccccc5c4c2)c31. The van der Waals surface area contributed by atoms with E-state index in [9.17, 15) is 0 Å². The molecule has 5 aromatic heterocycles. The Bertz CT molecular complexity index is 11200. The minimum Gasteiger partial charge on any atom is -0.309 e. The third-order valence-electron chi connectivity index (χ3n) is 31.7. The minimum absolute atomic E-state index is 0.680. The van der Waals surface area contributed by atoms with E-state index < -0.39 is 0 Å². The van der Waals surface area contributed by atoms with Gasteiger partial charge in [-0.25, -0.2) is 19.9 Å². The van der Waals surface area contributed by atoms with Crippen LogP contribution in [0.3, 0.4) is 0 Å². The van der Waals surface area contributed by atoms with Crippen LogP contribution in [-0.4, -0.2) is 33.6 Å². The van der Waals surface area contributed by atoms with Crippen molar-refractivity contribution in [2.75, 3.05) is 0 Å². The van der Waals surface area contributed by atoms with Crippen LogP contribution in [0.25, 0.3) is 324 Å². The minimum atomic E-state index is 0.680. The molecule has 7 nitrogen and oxygen atoms in total. The Morgan fingerprint density at radius 1 is 0.145 bits per heavy atom. The highest BCUT2D eigenvalue weighted by Gasteiger charge is 2.34. The van der Waals surface area contributed by atoms with Crippen LogP contribution in [0.1, 0.15) is 0 Å². The van der Waals surface area contributed by atoms with Gasteiger partial charge in [-0.15, -0.1) is 0 Å². The molecule has 34 rings (SSSR count). The first-order valence-corrected chi connectivity index (χ1v) is 50.0. The first-order chi connectivity index (χ1) is 72.0. The fourth-order valence-electron chi connectivity index (χ4n) is 25.7. The molecular formula is C138H79N7. The van der Waals surface area contributed by atoms with Crippen LogP contribution in [0.15, 0.2) is 479 Å². The molecule has 3 aliphatic rings. The molecule has 0 atom stereocenters. The van der Waals surface area contributed by atoms with Crippen molar-refractivity contribution in [1.82, 2.24) is 33.6 Å². The van der Waals surface area contributed by atoms with Gasteiger partial charge in [0.2, 0.25) is 5.95 Å². The van der Waals surface area contributed by atoms with E-state index in [1.165, 1.54) is 245 Å². The van der Waals surface area contributed by atoms with Gasteiger partial charge in [-0.3, -0.25) is 4.57 Å². The summed E-state index contributed by atoms with van der Waals surface area (Å²) in [6, 6.07) is 175. The maximum Gasteiger partial charge on any atom is 0.235 e. The molecule has 26 aromatic carbocycles. The number of benzene rings is 26. The summed E-state index contributed by atoms with van der Waals surface area (Å²) >= 11 is 0. The zero-order valence-electron chi connectivity index (χ0n) is 78.2. The lowest BCUT2D eigenvalue weighted by Gasteiger charge is -2.16. The van der Waals surface area contributed by atoms with E-state index in [1.54, 1.807) is 0 Å². The Morgan fingerprint density at radius 2 is 0.476 bits per heavy atom. The Labute approximate surface area is 830 Å². The molecule has 0 fully saturated rings. The molecule has 0 spiro atoms. The molecule has 0 aliphatic heterocycles. The van der Waals surface area contributed by atoms with E-state index in [-0.39, 0.29) is 0 Å². The van der Waals surface area contributed by atoms with E-state index in [4.69, 9.17) is 19.9 Å². The maximum absolute atomic E-state index is 5.46. The van der Waals surface area contributed by atoms with Gasteiger partial charge >= 0.3 is 0 Å². The molecule has 0 bridgehead atoms. The lowest BCUT2D eigenvalue weighted by molar-refractivity contribution is 1.02. The van der Waals surface area contributed by atoms with E-state index in [0.29, 0.717) is 5.95 Å². The van der Waals surface area contributed by atoms with Crippen LogP contribution in [0.2, 0.25) is 0 Å². The molecule has 0 saturated heterocycles. The van der Waals surface area contributed by atoms with Crippen molar-refractivity contribution >= 4 is 206 Å². The van der Waals surface area contributed by atoms with Gasteiger partial charge in [0, 0.05) is 98.1 Å². The van der Waals surface area contributed by atoms with E-state index in [0.717, 1.165) is 72.4 Å². The monoisotopic (exact) mass is 1830 g/mol. The first kappa shape index (κ1) is 79.6. The number of fused-ring (bicyclic) bond motifs is 41. The molecule has 0 N–H and O–H groups in total. The lowest BCUT2D eigenvalue weighted by atomic mass is 9.94. The van der Waals surface area contributed by atoms with Crippen LogP contribution < -0.4 is 0 Å². The summed E-state index contributed by atoms with van der Waals surface area (Å²) in [5.41, 5.74) is 32.2. The van der Waals surface area contributed by atoms with Crippen molar-refractivity contribution in [2.24, 2.45) is 0 Å². The summed E-state index contributed by atoms with van der Waals surface area (Å²) in [6.07, 6.45) is 0. The van der Waals surface area contributed by atoms with Crippen LogP contribution in [0.4, 0.5) is 0 Å². The van der Waals surface area contributed by atoms with Crippen molar-refractivity contribution in [3.05, 3.63) is 479 Å². The third-order valence-corrected chi connectivity index (χ3v) is 31.7. The molecule has 0 unspecified atom stereocenters. The Balaban J connectivity index is 0.0000000971. The molecule has 145 heavy (non-hydrogen) atoms. The van der Waals surface area contributed by atoms with Crippen LogP contribution in [0.5, 0.6) is 0 Å². The summed E-state index contributed by atoms with van der Waals surface area (Å²) in [6.45, 7) is 0. The molecule has 5 heterocycles. The number of rotatable bonds is 6. The fraction of sp³-hybridized carbons (Fsp3) is 0. The smallest absolute Gasteiger partial charge is 0.235 e. The summed E-state index contributed by atoms with van der Waals surface area (Å²) in [7, 11) is 0. The second-order valence-electron chi connectivity index (χ2n) is 39.0. The number of aromatic nitrogens is 7. The third kappa shape index (κ3) is 11.3. The lowest BCUT2D eigenvalue weighted by Crippen LogP contribution is -2.04. The molecule has 3 aliphatic carbocycles. The van der Waals surface area contributed by atoms with Gasteiger partial charge in [-0.1, -0.05) is 406 Å². The quantitative estimate of drug-likeness (QED) is 0.156. The average molecular weight is 1840 g/mol. The standard InChI is InChI=1S/C48H27N.C46H27N3.C44H25N3/c1-2-14-31-29(12-1)30-13-3-5-18-35(30)42-26-28(24-25-37(31)42)49-47-41-23-11-22-38-33-16-4-6-19-36(33)43(45(38)41)27-44(47)46-39-20-9-7-15-32(39)34-17-8-10-21-40(34)48(46)49;1-2-12-29(13-3-1)44-36-17-8-9-20-40(36)47-46(48-44)30-21-24-31(25-22-30)49-41-26-23-28-11-4-5-14-32(28)43(41)39-27-38-34-16-7-6-15-33(34)35-18-10-19-37(42(35)38)45(39)49;1-2-13-26(14-3-1)41-34-21-10-11-24-38(34)45-44(46-41)47-42-35-23-12-22-31-28-16-4-5-18-30(28)36(39(31)35)25-37(42)40-32-19-8-6-15-27(32)29-17-7-9-20-33(29)43(40)47/h2*1-27H;1-25H. The van der Waals surface area contributed by atoms with E-state index >= 15 is 0 Å². The molecule has 0 amide bonds. The predicted octanol–water partition coefficient (Wildman–Crippen LogP) is 36.9. The molecular weight excluding hydrogens is 1760 g/mol. The Hall–Kier alpha value is -19.3. The van der Waals surface area contributed by atoms with E-state index in [2.05, 4.69) is 481 Å². The van der Waals surface area contributed by atoms with Gasteiger partial charge in [-0.2, -0.15) is 0 Å². The summed E-state index contributed by atoms with van der Waals surface area (Å²) < 4.78 is 7.42. The second-order valence-corrected chi connectivity index (χ2v) is 39.0. The molecule has 7 heteroatoms. The Kier molecular flexibility index (Phi) is 16.8. The molecule has 666 valence electrons. The van der Waals surface area contributed by atoms with Crippen LogP contribution in [-0.2, 0) is 0 Å². The van der Waals surface area contributed by atoms with Crippen LogP contribution >= 0.6 is 0 Å². The largest absolute Gasteiger partial charge is 0.309 e. The van der Waals surface area contributed by atoms with Gasteiger partial charge in [0.25, 0.3) is 0 Å². The molecule has 0 radical (unpaired) electrons. The zero-order valence-corrected chi connectivity index (χ0v) is 78.2. The van der Waals surface area contributed by atoms with Crippen LogP contribution in [0, 0.1) is 0 Å². The maximum atomic E-state index is 5.46. The topological polar surface area (TPSA) is 66.3 Å². The highest BCUT2D eigenvalue weighted by Crippen LogP contribution is 2.58. The number of hydrogen-bond donors (Lipinski definition) is 0. The van der Waals surface area contributed by atoms with Gasteiger partial charge < -0.3 is 9.13 Å². The molecule has 0 saturated carbocycles. The van der Waals surface area contributed by atoms with Crippen molar-refractivity contribution < 1.29 is 0 Å². The van der Waals surface area contributed by atoms with E-state index in [1.807, 2.05) is 12.1 Å². The van der Waals surface area contributed by atoms with Crippen molar-refractivity contribution in [2.45, 2.75) is 0 Å². The van der Waals surface area contributed by atoms with Gasteiger partial charge in [0.05, 0.1) is 55.5 Å². The average Bonchev–Trinajstić information content (AvgIpc) is 1.55. The first-order valence-electron chi connectivity index (χ1n) is 50.0. The number of nitrogens with zero attached hydrogens (tertiary/aromatic N) is 7. The van der Waals surface area contributed by atoms with Gasteiger partial charge in [0.1, 0.15) is 0 Å². The van der Waals surface area contributed by atoms with Gasteiger partial charge in [-0.05, 0) is 231 Å². The summed E-state index contributed by atoms with van der Waals surface area (Å²) in [5, 5.41) is 37.9. The summed E-state index contributed by atoms with van der Waals surface area (Å²) in [5.74, 6) is 1.40. The van der Waals surface area contributed by atoms with Crippen molar-refractivity contribution in [3.8, 4) is 118 Å². The Morgan fingerprint density at radius 3 is 0.959 bits per heavy atom. The normalized spacial score (nSPS) is 12.3. The number of para-hydroxylation sites is 2.